The Morgan fingerprint density at radius 2 is 2.32 bits per heavy atom. The summed E-state index contributed by atoms with van der Waals surface area (Å²) < 4.78 is 0. The Morgan fingerprint density at radius 3 is 3.05 bits per heavy atom. The van der Waals surface area contributed by atoms with Crippen LogP contribution in [0.3, 0.4) is 0 Å². The van der Waals surface area contributed by atoms with E-state index in [1.807, 2.05) is 6.07 Å². The van der Waals surface area contributed by atoms with Crippen LogP contribution in [0.2, 0.25) is 5.02 Å². The highest BCUT2D eigenvalue weighted by atomic mass is 35.5. The first-order valence-corrected chi connectivity index (χ1v) is 7.66. The monoisotopic (exact) mass is 320 g/mol. The minimum Gasteiger partial charge on any atom is -0.393 e. The predicted octanol–water partition coefficient (Wildman–Crippen LogP) is 1.81. The summed E-state index contributed by atoms with van der Waals surface area (Å²) in [5, 5.41) is 21.4. The van der Waals surface area contributed by atoms with E-state index in [2.05, 4.69) is 15.5 Å². The molecule has 1 amide bonds. The van der Waals surface area contributed by atoms with Crippen molar-refractivity contribution in [2.45, 2.75) is 25.4 Å². The Morgan fingerprint density at radius 1 is 1.45 bits per heavy atom. The maximum absolute atomic E-state index is 12.1. The van der Waals surface area contributed by atoms with Gasteiger partial charge in [0.1, 0.15) is 0 Å². The van der Waals surface area contributed by atoms with Gasteiger partial charge in [-0.3, -0.25) is 4.79 Å². The standard InChI is InChI=1S/C15H17ClN4O2/c16-11-4-2-5-12(7-11)20-18-9-13(19-20)15(22)17-8-10-3-1-6-14(10)21/h2,4-5,7,9-10,14,21H,1,3,6,8H2,(H,17,22). The topological polar surface area (TPSA) is 80.0 Å². The van der Waals surface area contributed by atoms with E-state index in [-0.39, 0.29) is 23.6 Å². The quantitative estimate of drug-likeness (QED) is 0.900. The lowest BCUT2D eigenvalue weighted by Crippen LogP contribution is -2.32. The van der Waals surface area contributed by atoms with Crippen molar-refractivity contribution in [3.8, 4) is 5.69 Å². The molecule has 22 heavy (non-hydrogen) atoms. The fraction of sp³-hybridized carbons (Fsp3) is 0.400. The third kappa shape index (κ3) is 3.28. The first kappa shape index (κ1) is 15.0. The van der Waals surface area contributed by atoms with Gasteiger partial charge in [0.05, 0.1) is 18.0 Å². The number of nitrogens with zero attached hydrogens (tertiary/aromatic N) is 3. The molecule has 2 unspecified atom stereocenters. The molecule has 116 valence electrons. The molecule has 0 spiro atoms. The summed E-state index contributed by atoms with van der Waals surface area (Å²) in [7, 11) is 0. The molecule has 1 aliphatic rings. The van der Waals surface area contributed by atoms with E-state index >= 15 is 0 Å². The van der Waals surface area contributed by atoms with Gasteiger partial charge in [-0.25, -0.2) is 0 Å². The highest BCUT2D eigenvalue weighted by Crippen LogP contribution is 2.24. The lowest BCUT2D eigenvalue weighted by atomic mass is 10.1. The number of hydrogen-bond donors (Lipinski definition) is 2. The van der Waals surface area contributed by atoms with Gasteiger partial charge in [0, 0.05) is 17.5 Å². The summed E-state index contributed by atoms with van der Waals surface area (Å²) in [6, 6.07) is 7.08. The van der Waals surface area contributed by atoms with E-state index in [0.717, 1.165) is 19.3 Å². The van der Waals surface area contributed by atoms with Gasteiger partial charge in [-0.1, -0.05) is 24.1 Å². The van der Waals surface area contributed by atoms with Crippen LogP contribution >= 0.6 is 11.6 Å². The molecular weight excluding hydrogens is 304 g/mol. The normalized spacial score (nSPS) is 21.0. The molecule has 2 atom stereocenters. The number of benzene rings is 1. The van der Waals surface area contributed by atoms with E-state index in [4.69, 9.17) is 11.6 Å². The average molecular weight is 321 g/mol. The van der Waals surface area contributed by atoms with Crippen LogP contribution < -0.4 is 5.32 Å². The van der Waals surface area contributed by atoms with Gasteiger partial charge in [0.2, 0.25) is 0 Å². The van der Waals surface area contributed by atoms with Crippen LogP contribution in [0.1, 0.15) is 29.8 Å². The second-order valence-corrected chi connectivity index (χ2v) is 5.90. The van der Waals surface area contributed by atoms with Gasteiger partial charge in [-0.15, -0.1) is 5.10 Å². The molecule has 1 aliphatic carbocycles. The molecule has 0 aliphatic heterocycles. The maximum Gasteiger partial charge on any atom is 0.273 e. The van der Waals surface area contributed by atoms with E-state index in [1.54, 1.807) is 18.2 Å². The average Bonchev–Trinajstić information content (AvgIpc) is 3.14. The Kier molecular flexibility index (Phi) is 4.40. The number of rotatable bonds is 4. The number of aromatic nitrogens is 3. The number of hydrogen-bond acceptors (Lipinski definition) is 4. The molecule has 7 heteroatoms. The molecule has 3 rings (SSSR count). The van der Waals surface area contributed by atoms with Crippen molar-refractivity contribution >= 4 is 17.5 Å². The van der Waals surface area contributed by atoms with Gasteiger partial charge in [0.25, 0.3) is 5.91 Å². The molecule has 0 bridgehead atoms. The first-order chi connectivity index (χ1) is 10.6. The van der Waals surface area contributed by atoms with Crippen LogP contribution in [0.4, 0.5) is 0 Å². The van der Waals surface area contributed by atoms with Crippen molar-refractivity contribution in [3.05, 3.63) is 41.2 Å². The highest BCUT2D eigenvalue weighted by molar-refractivity contribution is 6.30. The van der Waals surface area contributed by atoms with E-state index < -0.39 is 0 Å². The lowest BCUT2D eigenvalue weighted by Gasteiger charge is -2.14. The molecule has 1 aromatic heterocycles. The van der Waals surface area contributed by atoms with Gasteiger partial charge >= 0.3 is 0 Å². The van der Waals surface area contributed by atoms with E-state index in [0.29, 0.717) is 17.3 Å². The zero-order valence-corrected chi connectivity index (χ0v) is 12.7. The molecule has 2 aromatic rings. The molecule has 6 nitrogen and oxygen atoms in total. The van der Waals surface area contributed by atoms with Crippen LogP contribution in [0, 0.1) is 5.92 Å². The molecular formula is C15H17ClN4O2. The molecule has 1 fully saturated rings. The van der Waals surface area contributed by atoms with Crippen LogP contribution in [0.5, 0.6) is 0 Å². The van der Waals surface area contributed by atoms with Gasteiger partial charge in [-0.05, 0) is 31.0 Å². The van der Waals surface area contributed by atoms with Crippen molar-refractivity contribution in [3.63, 3.8) is 0 Å². The largest absolute Gasteiger partial charge is 0.393 e. The molecule has 0 radical (unpaired) electrons. The number of aliphatic hydroxyl groups is 1. The minimum absolute atomic E-state index is 0.131. The van der Waals surface area contributed by atoms with Gasteiger partial charge in [-0.2, -0.15) is 9.90 Å². The van der Waals surface area contributed by atoms with E-state index in [9.17, 15) is 9.90 Å². The zero-order valence-electron chi connectivity index (χ0n) is 11.9. The number of halogens is 1. The number of carbonyl (C=O) groups excluding carboxylic acids is 1. The van der Waals surface area contributed by atoms with Crippen LogP contribution in [-0.4, -0.2) is 38.7 Å². The van der Waals surface area contributed by atoms with Gasteiger partial charge < -0.3 is 10.4 Å². The van der Waals surface area contributed by atoms with Crippen LogP contribution in [0.25, 0.3) is 5.69 Å². The Bertz CT molecular complexity index is 673. The number of aliphatic hydroxyl groups excluding tert-OH is 1. The van der Waals surface area contributed by atoms with Crippen molar-refractivity contribution in [1.82, 2.24) is 20.3 Å². The van der Waals surface area contributed by atoms with Gasteiger partial charge in [0.15, 0.2) is 5.69 Å². The summed E-state index contributed by atoms with van der Waals surface area (Å²) >= 11 is 5.93. The first-order valence-electron chi connectivity index (χ1n) is 7.28. The third-order valence-corrected chi connectivity index (χ3v) is 4.14. The number of nitrogens with one attached hydrogen (secondary N) is 1. The Hall–Kier alpha value is -1.92. The van der Waals surface area contributed by atoms with Crippen molar-refractivity contribution in [2.24, 2.45) is 5.92 Å². The van der Waals surface area contributed by atoms with Crippen molar-refractivity contribution in [2.75, 3.05) is 6.54 Å². The third-order valence-electron chi connectivity index (χ3n) is 3.91. The van der Waals surface area contributed by atoms with Crippen LogP contribution in [0.15, 0.2) is 30.5 Å². The second-order valence-electron chi connectivity index (χ2n) is 5.47. The number of amides is 1. The maximum atomic E-state index is 12.1. The summed E-state index contributed by atoms with van der Waals surface area (Å²) in [6.07, 6.45) is 3.86. The van der Waals surface area contributed by atoms with Crippen molar-refractivity contribution < 1.29 is 9.90 Å². The molecule has 1 aromatic carbocycles. The number of carbonyl (C=O) groups is 1. The summed E-state index contributed by atoms with van der Waals surface area (Å²) in [6.45, 7) is 0.462. The summed E-state index contributed by atoms with van der Waals surface area (Å²) in [4.78, 5) is 13.5. The Balaban J connectivity index is 1.64. The fourth-order valence-corrected chi connectivity index (χ4v) is 2.85. The fourth-order valence-electron chi connectivity index (χ4n) is 2.66. The summed E-state index contributed by atoms with van der Waals surface area (Å²) in [5.41, 5.74) is 0.935. The Labute approximate surface area is 133 Å². The lowest BCUT2D eigenvalue weighted by molar-refractivity contribution is 0.0911. The molecule has 1 heterocycles. The second kappa shape index (κ2) is 6.46. The minimum atomic E-state index is -0.317. The molecule has 2 N–H and O–H groups in total. The van der Waals surface area contributed by atoms with Crippen molar-refractivity contribution in [1.29, 1.82) is 0 Å². The van der Waals surface area contributed by atoms with Crippen LogP contribution in [-0.2, 0) is 0 Å². The molecule has 0 saturated heterocycles. The smallest absolute Gasteiger partial charge is 0.273 e. The molecule has 1 saturated carbocycles. The summed E-state index contributed by atoms with van der Waals surface area (Å²) in [5.74, 6) is -0.153. The SMILES string of the molecule is O=C(NCC1CCCC1O)c1cnn(-c2cccc(Cl)c2)n1. The highest BCUT2D eigenvalue weighted by Gasteiger charge is 2.25. The predicted molar refractivity (Wildman–Crippen MR) is 82.1 cm³/mol. The van der Waals surface area contributed by atoms with E-state index in [1.165, 1.54) is 11.0 Å². The zero-order chi connectivity index (χ0) is 15.5.